The lowest BCUT2D eigenvalue weighted by molar-refractivity contribution is 0.271. The summed E-state index contributed by atoms with van der Waals surface area (Å²) in [7, 11) is 0. The third-order valence-corrected chi connectivity index (χ3v) is 3.93. The molecule has 26 heavy (non-hydrogen) atoms. The van der Waals surface area contributed by atoms with E-state index in [4.69, 9.17) is 4.52 Å². The van der Waals surface area contributed by atoms with Crippen molar-refractivity contribution in [3.05, 3.63) is 17.5 Å². The van der Waals surface area contributed by atoms with Crippen molar-refractivity contribution in [1.82, 2.24) is 20.7 Å². The summed E-state index contributed by atoms with van der Waals surface area (Å²) in [5.41, 5.74) is 0.982. The molecule has 0 bridgehead atoms. The van der Waals surface area contributed by atoms with Crippen LogP contribution in [0.15, 0.2) is 15.6 Å². The molecule has 1 rings (SSSR count). The Morgan fingerprint density at radius 3 is 2.38 bits per heavy atom. The summed E-state index contributed by atoms with van der Waals surface area (Å²) in [4.78, 5) is 7.13. The maximum Gasteiger partial charge on any atom is 0.191 e. The largest absolute Gasteiger partial charge is 0.359 e. The van der Waals surface area contributed by atoms with Crippen LogP contribution in [0.3, 0.4) is 0 Å². The van der Waals surface area contributed by atoms with Crippen LogP contribution in [0.25, 0.3) is 0 Å². The SMILES string of the molecule is CCCN(CCC)CCCNC(=NCc1cc(C(C)C)no1)NCC.I. The Hall–Kier alpha value is -0.830. The zero-order valence-electron chi connectivity index (χ0n) is 17.2. The van der Waals surface area contributed by atoms with E-state index in [9.17, 15) is 0 Å². The number of hydrogen-bond acceptors (Lipinski definition) is 4. The first kappa shape index (κ1) is 25.2. The molecule has 2 N–H and O–H groups in total. The van der Waals surface area contributed by atoms with Gasteiger partial charge in [-0.25, -0.2) is 4.99 Å². The van der Waals surface area contributed by atoms with Gasteiger partial charge in [0.05, 0.1) is 5.69 Å². The number of rotatable bonds is 12. The van der Waals surface area contributed by atoms with E-state index in [1.165, 1.54) is 25.9 Å². The van der Waals surface area contributed by atoms with Crippen LogP contribution >= 0.6 is 24.0 Å². The van der Waals surface area contributed by atoms with Crippen LogP contribution in [0, 0.1) is 0 Å². The summed E-state index contributed by atoms with van der Waals surface area (Å²) < 4.78 is 5.35. The summed E-state index contributed by atoms with van der Waals surface area (Å²) in [5, 5.41) is 10.8. The lowest BCUT2D eigenvalue weighted by atomic mass is 10.1. The van der Waals surface area contributed by atoms with Crippen LogP contribution in [0.2, 0.25) is 0 Å². The van der Waals surface area contributed by atoms with Crippen LogP contribution < -0.4 is 10.6 Å². The van der Waals surface area contributed by atoms with Crippen molar-refractivity contribution in [3.8, 4) is 0 Å². The van der Waals surface area contributed by atoms with Gasteiger partial charge < -0.3 is 20.1 Å². The molecule has 1 heterocycles. The number of halogens is 1. The molecular formula is C19H38IN5O. The molecule has 152 valence electrons. The molecule has 0 atom stereocenters. The van der Waals surface area contributed by atoms with Crippen molar-refractivity contribution in [2.75, 3.05) is 32.7 Å². The summed E-state index contributed by atoms with van der Waals surface area (Å²) in [6.45, 7) is 16.6. The second kappa shape index (κ2) is 15.2. The van der Waals surface area contributed by atoms with E-state index in [1.54, 1.807) is 0 Å². The van der Waals surface area contributed by atoms with Gasteiger partial charge in [-0.1, -0.05) is 32.9 Å². The molecule has 6 nitrogen and oxygen atoms in total. The minimum absolute atomic E-state index is 0. The fourth-order valence-electron chi connectivity index (χ4n) is 2.65. The number of hydrogen-bond donors (Lipinski definition) is 2. The Morgan fingerprint density at radius 1 is 1.15 bits per heavy atom. The Kier molecular flexibility index (Phi) is 14.8. The van der Waals surface area contributed by atoms with Gasteiger partial charge in [0.25, 0.3) is 0 Å². The van der Waals surface area contributed by atoms with E-state index in [0.717, 1.165) is 43.5 Å². The van der Waals surface area contributed by atoms with Crippen LogP contribution in [-0.2, 0) is 6.54 Å². The Bertz CT molecular complexity index is 484. The van der Waals surface area contributed by atoms with Gasteiger partial charge in [-0.15, -0.1) is 24.0 Å². The minimum Gasteiger partial charge on any atom is -0.359 e. The van der Waals surface area contributed by atoms with Gasteiger partial charge in [0.15, 0.2) is 11.7 Å². The maximum absolute atomic E-state index is 5.35. The van der Waals surface area contributed by atoms with E-state index >= 15 is 0 Å². The average molecular weight is 479 g/mol. The minimum atomic E-state index is 0. The van der Waals surface area contributed by atoms with Gasteiger partial charge in [-0.3, -0.25) is 0 Å². The highest BCUT2D eigenvalue weighted by Gasteiger charge is 2.07. The monoisotopic (exact) mass is 479 g/mol. The van der Waals surface area contributed by atoms with E-state index in [2.05, 4.69) is 60.3 Å². The molecule has 0 saturated heterocycles. The van der Waals surface area contributed by atoms with Gasteiger partial charge >= 0.3 is 0 Å². The van der Waals surface area contributed by atoms with Gasteiger partial charge in [0, 0.05) is 19.2 Å². The predicted molar refractivity (Wildman–Crippen MR) is 120 cm³/mol. The van der Waals surface area contributed by atoms with Crippen molar-refractivity contribution in [3.63, 3.8) is 0 Å². The number of aromatic nitrogens is 1. The van der Waals surface area contributed by atoms with Gasteiger partial charge in [-0.2, -0.15) is 0 Å². The molecule has 7 heteroatoms. The Balaban J connectivity index is 0.00000625. The zero-order valence-corrected chi connectivity index (χ0v) is 19.5. The highest BCUT2D eigenvalue weighted by molar-refractivity contribution is 14.0. The van der Waals surface area contributed by atoms with Crippen LogP contribution in [0.4, 0.5) is 0 Å². The van der Waals surface area contributed by atoms with E-state index in [1.807, 2.05) is 6.07 Å². The summed E-state index contributed by atoms with van der Waals surface area (Å²) in [6.07, 6.45) is 3.55. The van der Waals surface area contributed by atoms with Crippen molar-refractivity contribution in [2.24, 2.45) is 4.99 Å². The summed E-state index contributed by atoms with van der Waals surface area (Å²) in [5.74, 6) is 2.02. The molecule has 0 saturated carbocycles. The number of nitrogens with one attached hydrogen (secondary N) is 2. The molecule has 0 aliphatic rings. The van der Waals surface area contributed by atoms with E-state index in [0.29, 0.717) is 12.5 Å². The molecular weight excluding hydrogens is 441 g/mol. The normalized spacial score (nSPS) is 11.7. The molecule has 0 radical (unpaired) electrons. The molecule has 0 unspecified atom stereocenters. The fourth-order valence-corrected chi connectivity index (χ4v) is 2.65. The fraction of sp³-hybridized carbons (Fsp3) is 0.789. The van der Waals surface area contributed by atoms with Gasteiger partial charge in [-0.05, 0) is 51.7 Å². The molecule has 1 aromatic rings. The molecule has 0 fully saturated rings. The molecule has 1 aromatic heterocycles. The first-order valence-corrected chi connectivity index (χ1v) is 9.80. The number of aliphatic imine (C=N–C) groups is 1. The quantitative estimate of drug-likeness (QED) is 0.206. The van der Waals surface area contributed by atoms with E-state index in [-0.39, 0.29) is 24.0 Å². The maximum atomic E-state index is 5.35. The highest BCUT2D eigenvalue weighted by Crippen LogP contribution is 2.14. The summed E-state index contributed by atoms with van der Waals surface area (Å²) >= 11 is 0. The predicted octanol–water partition coefficient (Wildman–Crippen LogP) is 3.98. The third kappa shape index (κ3) is 10.4. The molecule has 0 spiro atoms. The Morgan fingerprint density at radius 2 is 1.85 bits per heavy atom. The third-order valence-electron chi connectivity index (χ3n) is 3.93. The van der Waals surface area contributed by atoms with Crippen molar-refractivity contribution < 1.29 is 4.52 Å². The summed E-state index contributed by atoms with van der Waals surface area (Å²) in [6, 6.07) is 1.99. The second-order valence-electron chi connectivity index (χ2n) is 6.69. The van der Waals surface area contributed by atoms with Gasteiger partial charge in [0.2, 0.25) is 0 Å². The first-order valence-electron chi connectivity index (χ1n) is 9.80. The smallest absolute Gasteiger partial charge is 0.191 e. The average Bonchev–Trinajstić information content (AvgIpc) is 3.06. The lowest BCUT2D eigenvalue weighted by Crippen LogP contribution is -2.39. The topological polar surface area (TPSA) is 65.7 Å². The second-order valence-corrected chi connectivity index (χ2v) is 6.69. The first-order chi connectivity index (χ1) is 12.1. The van der Waals surface area contributed by atoms with Crippen molar-refractivity contribution >= 4 is 29.9 Å². The molecule has 0 aliphatic carbocycles. The number of nitrogens with zero attached hydrogens (tertiary/aromatic N) is 3. The molecule has 0 aliphatic heterocycles. The van der Waals surface area contributed by atoms with E-state index < -0.39 is 0 Å². The van der Waals surface area contributed by atoms with Crippen molar-refractivity contribution in [1.29, 1.82) is 0 Å². The number of guanidine groups is 1. The lowest BCUT2D eigenvalue weighted by Gasteiger charge is -2.21. The highest BCUT2D eigenvalue weighted by atomic mass is 127. The van der Waals surface area contributed by atoms with Crippen LogP contribution in [0.1, 0.15) is 71.3 Å². The molecule has 0 amide bonds. The zero-order chi connectivity index (χ0) is 18.5. The van der Waals surface area contributed by atoms with Crippen LogP contribution in [-0.4, -0.2) is 48.7 Å². The van der Waals surface area contributed by atoms with Gasteiger partial charge in [0.1, 0.15) is 6.54 Å². The van der Waals surface area contributed by atoms with Crippen molar-refractivity contribution in [2.45, 2.75) is 66.3 Å². The van der Waals surface area contributed by atoms with Crippen LogP contribution in [0.5, 0.6) is 0 Å². The Labute approximate surface area is 176 Å². The molecule has 0 aromatic carbocycles. The standard InChI is InChI=1S/C19H37N5O.HI/c1-6-11-24(12-7-2)13-9-10-21-19(20-8-3)22-15-17-14-18(16(4)5)23-25-17;/h14,16H,6-13,15H2,1-5H3,(H2,20,21,22);1H.